The largest absolute Gasteiger partial charge is 0.370 e. The van der Waals surface area contributed by atoms with Crippen LogP contribution in [0.25, 0.3) is 0 Å². The fraction of sp³-hybridized carbons (Fsp3) is 0.571. The SMILES string of the molecule is CC1CN(c2ccc(CCl)c(Br)c2)CC1N(C)C. The van der Waals surface area contributed by atoms with Crippen LogP contribution in [-0.2, 0) is 5.88 Å². The van der Waals surface area contributed by atoms with Gasteiger partial charge in [-0.3, -0.25) is 0 Å². The molecule has 18 heavy (non-hydrogen) atoms. The lowest BCUT2D eigenvalue weighted by atomic mass is 10.1. The van der Waals surface area contributed by atoms with Gasteiger partial charge in [0.25, 0.3) is 0 Å². The number of alkyl halides is 1. The summed E-state index contributed by atoms with van der Waals surface area (Å²) in [4.78, 5) is 4.78. The minimum absolute atomic E-state index is 0.553. The Hall–Kier alpha value is -0.250. The molecule has 1 heterocycles. The van der Waals surface area contributed by atoms with E-state index in [1.165, 1.54) is 5.69 Å². The maximum atomic E-state index is 5.88. The Kier molecular flexibility index (Phi) is 4.57. The van der Waals surface area contributed by atoms with Crippen LogP contribution in [0.4, 0.5) is 5.69 Å². The normalized spacial score (nSPS) is 24.0. The number of hydrogen-bond donors (Lipinski definition) is 0. The molecule has 2 unspecified atom stereocenters. The summed E-state index contributed by atoms with van der Waals surface area (Å²) >= 11 is 9.47. The zero-order valence-electron chi connectivity index (χ0n) is 11.2. The monoisotopic (exact) mass is 330 g/mol. The summed E-state index contributed by atoms with van der Waals surface area (Å²) in [6.07, 6.45) is 0. The number of rotatable bonds is 3. The van der Waals surface area contributed by atoms with Gasteiger partial charge in [0.1, 0.15) is 0 Å². The minimum Gasteiger partial charge on any atom is -0.370 e. The van der Waals surface area contributed by atoms with Crippen LogP contribution in [0.3, 0.4) is 0 Å². The molecule has 2 nitrogen and oxygen atoms in total. The van der Waals surface area contributed by atoms with Gasteiger partial charge < -0.3 is 9.80 Å². The smallest absolute Gasteiger partial charge is 0.0485 e. The first kappa shape index (κ1) is 14.2. The standard InChI is InChI=1S/C14H20BrClN2/c1-10-8-18(9-14(10)17(2)3)12-5-4-11(7-16)13(15)6-12/h4-6,10,14H,7-9H2,1-3H3. The molecule has 1 aromatic carbocycles. The van der Waals surface area contributed by atoms with Crippen LogP contribution in [0.2, 0.25) is 0 Å². The van der Waals surface area contributed by atoms with E-state index in [9.17, 15) is 0 Å². The third-order valence-corrected chi connectivity index (χ3v) is 4.81. The number of nitrogens with zero attached hydrogens (tertiary/aromatic N) is 2. The molecule has 2 rings (SSSR count). The Bertz CT molecular complexity index is 422. The summed E-state index contributed by atoms with van der Waals surface area (Å²) < 4.78 is 1.11. The van der Waals surface area contributed by atoms with Crippen LogP contribution >= 0.6 is 27.5 Å². The molecule has 0 aliphatic carbocycles. The van der Waals surface area contributed by atoms with Gasteiger partial charge in [-0.1, -0.05) is 28.9 Å². The van der Waals surface area contributed by atoms with Gasteiger partial charge >= 0.3 is 0 Å². The van der Waals surface area contributed by atoms with E-state index in [1.807, 2.05) is 0 Å². The van der Waals surface area contributed by atoms with E-state index >= 15 is 0 Å². The summed E-state index contributed by atoms with van der Waals surface area (Å²) in [6, 6.07) is 7.10. The average molecular weight is 332 g/mol. The molecule has 0 aromatic heterocycles. The number of hydrogen-bond acceptors (Lipinski definition) is 2. The lowest BCUT2D eigenvalue weighted by Crippen LogP contribution is -2.34. The predicted molar refractivity (Wildman–Crippen MR) is 82.6 cm³/mol. The highest BCUT2D eigenvalue weighted by atomic mass is 79.9. The Morgan fingerprint density at radius 1 is 1.39 bits per heavy atom. The number of benzene rings is 1. The molecule has 1 saturated heterocycles. The topological polar surface area (TPSA) is 6.48 Å². The van der Waals surface area contributed by atoms with Crippen molar-refractivity contribution in [3.8, 4) is 0 Å². The van der Waals surface area contributed by atoms with Gasteiger partial charge in [0, 0.05) is 35.2 Å². The zero-order valence-corrected chi connectivity index (χ0v) is 13.5. The number of anilines is 1. The molecule has 0 saturated carbocycles. The molecule has 1 aliphatic heterocycles. The molecule has 1 fully saturated rings. The van der Waals surface area contributed by atoms with Crippen molar-refractivity contribution >= 4 is 33.2 Å². The summed E-state index contributed by atoms with van der Waals surface area (Å²) in [5.41, 5.74) is 2.43. The summed E-state index contributed by atoms with van der Waals surface area (Å²) in [5.74, 6) is 1.25. The zero-order chi connectivity index (χ0) is 13.3. The fourth-order valence-electron chi connectivity index (χ4n) is 2.67. The van der Waals surface area contributed by atoms with E-state index in [0.717, 1.165) is 23.1 Å². The van der Waals surface area contributed by atoms with Crippen molar-refractivity contribution in [1.82, 2.24) is 4.90 Å². The first-order valence-electron chi connectivity index (χ1n) is 6.28. The highest BCUT2D eigenvalue weighted by Gasteiger charge is 2.31. The maximum absolute atomic E-state index is 5.88. The quantitative estimate of drug-likeness (QED) is 0.781. The van der Waals surface area contributed by atoms with E-state index < -0.39 is 0 Å². The molecule has 0 bridgehead atoms. The molecular formula is C14H20BrClN2. The van der Waals surface area contributed by atoms with E-state index in [1.54, 1.807) is 0 Å². The van der Waals surface area contributed by atoms with Crippen molar-refractivity contribution in [2.24, 2.45) is 5.92 Å². The van der Waals surface area contributed by atoms with Gasteiger partial charge in [-0.05, 0) is 37.7 Å². The van der Waals surface area contributed by atoms with Crippen molar-refractivity contribution in [2.75, 3.05) is 32.1 Å². The second-order valence-electron chi connectivity index (χ2n) is 5.32. The van der Waals surface area contributed by atoms with Crippen LogP contribution in [0.5, 0.6) is 0 Å². The number of likely N-dealkylation sites (N-methyl/N-ethyl adjacent to an activating group) is 1. The van der Waals surface area contributed by atoms with Crippen molar-refractivity contribution in [1.29, 1.82) is 0 Å². The second kappa shape index (κ2) is 5.81. The Labute approximate surface area is 123 Å². The molecule has 1 aromatic rings. The first-order valence-corrected chi connectivity index (χ1v) is 7.61. The molecule has 0 N–H and O–H groups in total. The highest BCUT2D eigenvalue weighted by Crippen LogP contribution is 2.30. The maximum Gasteiger partial charge on any atom is 0.0485 e. The Morgan fingerprint density at radius 2 is 2.11 bits per heavy atom. The lowest BCUT2D eigenvalue weighted by Gasteiger charge is -2.23. The second-order valence-corrected chi connectivity index (χ2v) is 6.44. The summed E-state index contributed by atoms with van der Waals surface area (Å²) in [5, 5.41) is 0. The third kappa shape index (κ3) is 2.84. The van der Waals surface area contributed by atoms with Crippen molar-refractivity contribution in [3.63, 3.8) is 0 Å². The molecule has 0 amide bonds. The molecule has 0 spiro atoms. The van der Waals surface area contributed by atoms with Gasteiger partial charge in [0.15, 0.2) is 0 Å². The van der Waals surface area contributed by atoms with Crippen LogP contribution in [0.1, 0.15) is 12.5 Å². The van der Waals surface area contributed by atoms with Gasteiger partial charge in [0.2, 0.25) is 0 Å². The van der Waals surface area contributed by atoms with E-state index in [-0.39, 0.29) is 0 Å². The van der Waals surface area contributed by atoms with Crippen LogP contribution < -0.4 is 4.90 Å². The minimum atomic E-state index is 0.553. The molecule has 1 aliphatic rings. The summed E-state index contributed by atoms with van der Waals surface area (Å²) in [7, 11) is 4.33. The molecule has 100 valence electrons. The lowest BCUT2D eigenvalue weighted by molar-refractivity contribution is 0.266. The average Bonchev–Trinajstić information content (AvgIpc) is 2.71. The van der Waals surface area contributed by atoms with Crippen LogP contribution in [0.15, 0.2) is 22.7 Å². The molecule has 2 atom stereocenters. The highest BCUT2D eigenvalue weighted by molar-refractivity contribution is 9.10. The Balaban J connectivity index is 2.16. The Morgan fingerprint density at radius 3 is 2.61 bits per heavy atom. The van der Waals surface area contributed by atoms with Crippen molar-refractivity contribution in [2.45, 2.75) is 18.8 Å². The van der Waals surface area contributed by atoms with E-state index in [0.29, 0.717) is 17.8 Å². The van der Waals surface area contributed by atoms with Crippen LogP contribution in [-0.4, -0.2) is 38.1 Å². The summed E-state index contributed by atoms with van der Waals surface area (Å²) in [6.45, 7) is 4.54. The van der Waals surface area contributed by atoms with E-state index in [4.69, 9.17) is 11.6 Å². The van der Waals surface area contributed by atoms with Crippen molar-refractivity contribution in [3.05, 3.63) is 28.2 Å². The van der Waals surface area contributed by atoms with Crippen molar-refractivity contribution < 1.29 is 0 Å². The fourth-order valence-corrected chi connectivity index (χ4v) is 3.58. The molecule has 4 heteroatoms. The third-order valence-electron chi connectivity index (χ3n) is 3.78. The first-order chi connectivity index (χ1) is 8.52. The van der Waals surface area contributed by atoms with E-state index in [2.05, 4.69) is 64.9 Å². The predicted octanol–water partition coefficient (Wildman–Crippen LogP) is 3.57. The van der Waals surface area contributed by atoms with Gasteiger partial charge in [-0.2, -0.15) is 0 Å². The van der Waals surface area contributed by atoms with Crippen LogP contribution in [0, 0.1) is 5.92 Å². The number of halogens is 2. The molecular weight excluding hydrogens is 312 g/mol. The van der Waals surface area contributed by atoms with Gasteiger partial charge in [-0.15, -0.1) is 11.6 Å². The van der Waals surface area contributed by atoms with Gasteiger partial charge in [-0.25, -0.2) is 0 Å². The van der Waals surface area contributed by atoms with Gasteiger partial charge in [0.05, 0.1) is 0 Å². The molecule has 0 radical (unpaired) electrons.